The Labute approximate surface area is 205 Å². The van der Waals surface area contributed by atoms with Gasteiger partial charge in [0.2, 0.25) is 0 Å². The zero-order chi connectivity index (χ0) is 24.4. The second-order valence-electron chi connectivity index (χ2n) is 8.41. The summed E-state index contributed by atoms with van der Waals surface area (Å²) in [6.07, 6.45) is 5.78. The van der Waals surface area contributed by atoms with Crippen LogP contribution in [-0.2, 0) is 17.7 Å². The number of amides is 1. The predicted octanol–water partition coefficient (Wildman–Crippen LogP) is 6.43. The molecule has 2 aromatic carbocycles. The van der Waals surface area contributed by atoms with E-state index in [1.54, 1.807) is 47.7 Å². The number of nitrogens with zero attached hydrogens (tertiary/aromatic N) is 1. The number of carbonyl (C=O) groups excluding carboxylic acids is 2. The molecule has 0 heterocycles. The molecule has 0 aromatic heterocycles. The maximum absolute atomic E-state index is 12.8. The van der Waals surface area contributed by atoms with Gasteiger partial charge in [0.1, 0.15) is 11.4 Å². The van der Waals surface area contributed by atoms with Crippen molar-refractivity contribution in [2.24, 2.45) is 0 Å². The van der Waals surface area contributed by atoms with Gasteiger partial charge in [-0.2, -0.15) is 0 Å². The van der Waals surface area contributed by atoms with E-state index in [1.165, 1.54) is 0 Å². The third-order valence-corrected chi connectivity index (χ3v) is 6.76. The number of thioether (sulfide) groups is 2. The Kier molecular flexibility index (Phi) is 10.4. The quantitative estimate of drug-likeness (QED) is 0.284. The van der Waals surface area contributed by atoms with Gasteiger partial charge in [0, 0.05) is 23.4 Å². The number of methoxy groups -OCH3 is 1. The highest BCUT2D eigenvalue weighted by molar-refractivity contribution is 8.21. The summed E-state index contributed by atoms with van der Waals surface area (Å²) in [4.78, 5) is 27.2. The topological polar surface area (TPSA) is 55.8 Å². The second-order valence-corrected chi connectivity index (χ2v) is 10.4. The van der Waals surface area contributed by atoms with Crippen LogP contribution in [0.25, 0.3) is 0 Å². The molecule has 1 amide bonds. The van der Waals surface area contributed by atoms with E-state index in [1.807, 2.05) is 75.7 Å². The molecule has 0 unspecified atom stereocenters. The van der Waals surface area contributed by atoms with E-state index in [9.17, 15) is 9.59 Å². The van der Waals surface area contributed by atoms with Crippen LogP contribution in [0.15, 0.2) is 58.8 Å². The number of allylic oxidation sites excluding steroid dienone is 1. The van der Waals surface area contributed by atoms with Gasteiger partial charge >= 0.3 is 6.09 Å². The molecule has 0 saturated heterocycles. The largest absolute Gasteiger partial charge is 0.496 e. The van der Waals surface area contributed by atoms with Gasteiger partial charge in [-0.15, -0.1) is 23.5 Å². The lowest BCUT2D eigenvalue weighted by Gasteiger charge is -2.27. The summed E-state index contributed by atoms with van der Waals surface area (Å²) in [7, 11) is 1.56. The van der Waals surface area contributed by atoms with Crippen molar-refractivity contribution in [2.45, 2.75) is 39.3 Å². The lowest BCUT2D eigenvalue weighted by Crippen LogP contribution is -2.37. The van der Waals surface area contributed by atoms with Gasteiger partial charge in [0.05, 0.1) is 12.7 Å². The summed E-state index contributed by atoms with van der Waals surface area (Å²) in [6.45, 7) is 6.52. The summed E-state index contributed by atoms with van der Waals surface area (Å²) in [5.41, 5.74) is 1.96. The minimum absolute atomic E-state index is 0.0865. The zero-order valence-corrected chi connectivity index (χ0v) is 21.8. The highest BCUT2D eigenvalue weighted by Gasteiger charge is 2.22. The summed E-state index contributed by atoms with van der Waals surface area (Å²) >= 11 is 3.08. The van der Waals surface area contributed by atoms with Crippen LogP contribution in [0.4, 0.5) is 4.79 Å². The molecule has 0 radical (unpaired) electrons. The summed E-state index contributed by atoms with van der Waals surface area (Å²) < 4.78 is 12.1. The Bertz CT molecular complexity index is 962. The fraction of sp³-hybridized carbons (Fsp3) is 0.385. The summed E-state index contributed by atoms with van der Waals surface area (Å²) in [5, 5.41) is 0. The SMILES string of the molecule is COc1cc(CCN(Cc2ccccc2)C(=O)OC(C)(C)C)ccc1C(=O)C=C(SC)SC. The monoisotopic (exact) mass is 487 g/mol. The minimum Gasteiger partial charge on any atom is -0.496 e. The van der Waals surface area contributed by atoms with Crippen LogP contribution in [0.5, 0.6) is 5.75 Å². The molecule has 0 atom stereocenters. The van der Waals surface area contributed by atoms with E-state index < -0.39 is 5.60 Å². The normalized spacial score (nSPS) is 11.0. The van der Waals surface area contributed by atoms with Gasteiger partial charge in [-0.3, -0.25) is 4.79 Å². The molecule has 178 valence electrons. The highest BCUT2D eigenvalue weighted by Crippen LogP contribution is 2.27. The minimum atomic E-state index is -0.572. The highest BCUT2D eigenvalue weighted by atomic mass is 32.2. The molecule has 33 heavy (non-hydrogen) atoms. The molecule has 2 aromatic rings. The van der Waals surface area contributed by atoms with E-state index in [-0.39, 0.29) is 11.9 Å². The van der Waals surface area contributed by atoms with Crippen molar-refractivity contribution >= 4 is 35.4 Å². The fourth-order valence-electron chi connectivity index (χ4n) is 3.11. The van der Waals surface area contributed by atoms with E-state index in [0.29, 0.717) is 30.8 Å². The average molecular weight is 488 g/mol. The number of rotatable bonds is 10. The first-order chi connectivity index (χ1) is 15.7. The Hall–Kier alpha value is -2.38. The number of benzene rings is 2. The fourth-order valence-corrected chi connectivity index (χ4v) is 4.23. The van der Waals surface area contributed by atoms with Gasteiger partial charge < -0.3 is 14.4 Å². The van der Waals surface area contributed by atoms with Crippen LogP contribution in [0.2, 0.25) is 0 Å². The predicted molar refractivity (Wildman–Crippen MR) is 139 cm³/mol. The van der Waals surface area contributed by atoms with Gasteiger partial charge in [-0.25, -0.2) is 4.79 Å². The van der Waals surface area contributed by atoms with Crippen molar-refractivity contribution in [3.8, 4) is 5.75 Å². The molecule has 0 aliphatic heterocycles. The third-order valence-electron chi connectivity index (χ3n) is 4.72. The van der Waals surface area contributed by atoms with E-state index in [2.05, 4.69) is 0 Å². The van der Waals surface area contributed by atoms with Crippen LogP contribution in [-0.4, -0.2) is 48.5 Å². The molecular weight excluding hydrogens is 454 g/mol. The van der Waals surface area contributed by atoms with Crippen molar-refractivity contribution < 1.29 is 19.1 Å². The van der Waals surface area contributed by atoms with E-state index in [0.717, 1.165) is 15.4 Å². The molecular formula is C26H33NO4S2. The van der Waals surface area contributed by atoms with Crippen molar-refractivity contribution in [1.82, 2.24) is 4.90 Å². The Morgan fingerprint density at radius 1 is 1.00 bits per heavy atom. The maximum atomic E-state index is 12.8. The lowest BCUT2D eigenvalue weighted by molar-refractivity contribution is 0.0235. The number of carbonyl (C=O) groups is 2. The molecule has 0 spiro atoms. The van der Waals surface area contributed by atoms with Crippen LogP contribution in [0.1, 0.15) is 42.3 Å². The molecule has 0 N–H and O–H groups in total. The summed E-state index contributed by atoms with van der Waals surface area (Å²) in [6, 6.07) is 15.4. The van der Waals surface area contributed by atoms with Crippen molar-refractivity contribution in [2.75, 3.05) is 26.2 Å². The van der Waals surface area contributed by atoms with Gasteiger partial charge in [-0.1, -0.05) is 36.4 Å². The van der Waals surface area contributed by atoms with Crippen LogP contribution < -0.4 is 4.74 Å². The summed E-state index contributed by atoms with van der Waals surface area (Å²) in [5.74, 6) is 0.443. The third kappa shape index (κ3) is 8.82. The number of ether oxygens (including phenoxy) is 2. The molecule has 0 bridgehead atoms. The number of ketones is 1. The first kappa shape index (κ1) is 26.9. The standard InChI is InChI=1S/C26H33NO4S2/c1-26(2,3)31-25(29)27(18-20-10-8-7-9-11-20)15-14-19-12-13-21(23(16-19)30-4)22(28)17-24(32-5)33-6/h7-13,16-17H,14-15,18H2,1-6H3. The molecule has 7 heteroatoms. The average Bonchev–Trinajstić information content (AvgIpc) is 2.79. The van der Waals surface area contributed by atoms with Crippen LogP contribution >= 0.6 is 23.5 Å². The number of hydrogen-bond donors (Lipinski definition) is 0. The molecule has 2 rings (SSSR count). The van der Waals surface area contributed by atoms with E-state index >= 15 is 0 Å². The Balaban J connectivity index is 2.19. The first-order valence-corrected chi connectivity index (χ1v) is 13.1. The van der Waals surface area contributed by atoms with Crippen molar-refractivity contribution in [3.05, 3.63) is 75.5 Å². The van der Waals surface area contributed by atoms with Crippen LogP contribution in [0.3, 0.4) is 0 Å². The molecule has 0 aliphatic carbocycles. The lowest BCUT2D eigenvalue weighted by atomic mass is 10.0. The maximum Gasteiger partial charge on any atom is 0.410 e. The molecule has 0 saturated carbocycles. The van der Waals surface area contributed by atoms with Gasteiger partial charge in [-0.05, 0) is 63.0 Å². The molecule has 0 fully saturated rings. The molecule has 0 aliphatic rings. The smallest absolute Gasteiger partial charge is 0.410 e. The Morgan fingerprint density at radius 2 is 1.67 bits per heavy atom. The van der Waals surface area contributed by atoms with Crippen LogP contribution in [0, 0.1) is 0 Å². The van der Waals surface area contributed by atoms with Crippen molar-refractivity contribution in [1.29, 1.82) is 0 Å². The van der Waals surface area contributed by atoms with Crippen molar-refractivity contribution in [3.63, 3.8) is 0 Å². The zero-order valence-electron chi connectivity index (χ0n) is 20.2. The first-order valence-electron chi connectivity index (χ1n) is 10.7. The molecule has 5 nitrogen and oxygen atoms in total. The Morgan fingerprint density at radius 3 is 2.24 bits per heavy atom. The van der Waals surface area contributed by atoms with E-state index in [4.69, 9.17) is 9.47 Å². The van der Waals surface area contributed by atoms with Gasteiger partial charge in [0.25, 0.3) is 0 Å². The number of hydrogen-bond acceptors (Lipinski definition) is 6. The van der Waals surface area contributed by atoms with Gasteiger partial charge in [0.15, 0.2) is 5.78 Å². The second kappa shape index (κ2) is 12.8.